The zero-order valence-electron chi connectivity index (χ0n) is 11.4. The summed E-state index contributed by atoms with van der Waals surface area (Å²) in [4.78, 5) is 24.5. The standard InChI is InChI=1S/C14H24N2O3/c17-13(7-6-12-3-1-2-8-15-12)16(10-14(18)19)9-11-4-5-11/h11-12,15H,1-10H2,(H,18,19). The molecule has 1 saturated carbocycles. The van der Waals surface area contributed by atoms with Crippen LogP contribution in [0, 0.1) is 5.92 Å². The number of carbonyl (C=O) groups excluding carboxylic acids is 1. The highest BCUT2D eigenvalue weighted by Gasteiger charge is 2.28. The summed E-state index contributed by atoms with van der Waals surface area (Å²) in [7, 11) is 0. The number of amides is 1. The fraction of sp³-hybridized carbons (Fsp3) is 0.857. The molecule has 108 valence electrons. The van der Waals surface area contributed by atoms with Crippen molar-refractivity contribution in [3.8, 4) is 0 Å². The van der Waals surface area contributed by atoms with Gasteiger partial charge in [0.15, 0.2) is 0 Å². The van der Waals surface area contributed by atoms with Crippen LogP contribution in [0.3, 0.4) is 0 Å². The van der Waals surface area contributed by atoms with Gasteiger partial charge >= 0.3 is 5.97 Å². The number of rotatable bonds is 7. The van der Waals surface area contributed by atoms with Gasteiger partial charge in [0.2, 0.25) is 5.91 Å². The Bertz CT molecular complexity index is 323. The summed E-state index contributed by atoms with van der Waals surface area (Å²) in [6, 6.07) is 0.435. The Balaban J connectivity index is 1.74. The lowest BCUT2D eigenvalue weighted by molar-refractivity contribution is -0.144. The van der Waals surface area contributed by atoms with Crippen LogP contribution in [0.5, 0.6) is 0 Å². The number of carboxylic acid groups (broad SMARTS) is 1. The van der Waals surface area contributed by atoms with Crippen molar-refractivity contribution in [2.24, 2.45) is 5.92 Å². The van der Waals surface area contributed by atoms with E-state index in [1.54, 1.807) is 0 Å². The number of hydrogen-bond acceptors (Lipinski definition) is 3. The highest BCUT2D eigenvalue weighted by molar-refractivity contribution is 5.81. The maximum absolute atomic E-state index is 12.1. The first-order chi connectivity index (χ1) is 9.15. The van der Waals surface area contributed by atoms with Gasteiger partial charge in [0.25, 0.3) is 0 Å². The molecule has 1 heterocycles. The predicted molar refractivity (Wildman–Crippen MR) is 71.8 cm³/mol. The average Bonchev–Trinajstić information content (AvgIpc) is 3.20. The number of carbonyl (C=O) groups is 2. The second-order valence-electron chi connectivity index (χ2n) is 5.80. The van der Waals surface area contributed by atoms with Gasteiger partial charge in [0.05, 0.1) is 0 Å². The summed E-state index contributed by atoms with van der Waals surface area (Å²) >= 11 is 0. The lowest BCUT2D eigenvalue weighted by Gasteiger charge is -2.25. The van der Waals surface area contributed by atoms with E-state index in [1.165, 1.54) is 17.7 Å². The molecule has 1 aliphatic carbocycles. The molecule has 0 radical (unpaired) electrons. The van der Waals surface area contributed by atoms with Crippen molar-refractivity contribution in [2.45, 2.75) is 51.0 Å². The molecule has 1 atom stereocenters. The Morgan fingerprint density at radius 2 is 2.00 bits per heavy atom. The Hall–Kier alpha value is -1.10. The number of hydrogen-bond donors (Lipinski definition) is 2. The van der Waals surface area contributed by atoms with Gasteiger partial charge in [-0.2, -0.15) is 0 Å². The molecule has 0 bridgehead atoms. The smallest absolute Gasteiger partial charge is 0.323 e. The largest absolute Gasteiger partial charge is 0.480 e. The van der Waals surface area contributed by atoms with E-state index in [0.29, 0.717) is 24.9 Å². The van der Waals surface area contributed by atoms with Crippen molar-refractivity contribution >= 4 is 11.9 Å². The molecule has 19 heavy (non-hydrogen) atoms. The molecule has 2 aliphatic rings. The van der Waals surface area contributed by atoms with Gasteiger partial charge in [0, 0.05) is 19.0 Å². The Morgan fingerprint density at radius 1 is 1.21 bits per heavy atom. The summed E-state index contributed by atoms with van der Waals surface area (Å²) < 4.78 is 0. The fourth-order valence-electron chi connectivity index (χ4n) is 2.66. The SMILES string of the molecule is O=C(O)CN(CC1CC1)C(=O)CCC1CCCCN1. The van der Waals surface area contributed by atoms with Crippen LogP contribution >= 0.6 is 0 Å². The van der Waals surface area contributed by atoms with Gasteiger partial charge in [-0.3, -0.25) is 9.59 Å². The van der Waals surface area contributed by atoms with Crippen LogP contribution in [0.25, 0.3) is 0 Å². The molecule has 5 heteroatoms. The normalized spacial score (nSPS) is 23.1. The highest BCUT2D eigenvalue weighted by Crippen LogP contribution is 2.30. The Labute approximate surface area is 114 Å². The van der Waals surface area contributed by atoms with E-state index in [-0.39, 0.29) is 12.5 Å². The van der Waals surface area contributed by atoms with E-state index in [0.717, 1.165) is 32.2 Å². The molecule has 2 N–H and O–H groups in total. The maximum atomic E-state index is 12.1. The van der Waals surface area contributed by atoms with Crippen LogP contribution in [-0.2, 0) is 9.59 Å². The molecule has 1 aliphatic heterocycles. The van der Waals surface area contributed by atoms with Gasteiger partial charge in [-0.1, -0.05) is 6.42 Å². The van der Waals surface area contributed by atoms with Crippen LogP contribution in [0.4, 0.5) is 0 Å². The third-order valence-corrected chi connectivity index (χ3v) is 3.97. The molecule has 2 fully saturated rings. The van der Waals surface area contributed by atoms with E-state index in [2.05, 4.69) is 5.32 Å². The molecule has 5 nitrogen and oxygen atoms in total. The minimum atomic E-state index is -0.912. The van der Waals surface area contributed by atoms with Gasteiger partial charge in [-0.25, -0.2) is 0 Å². The van der Waals surface area contributed by atoms with E-state index < -0.39 is 5.97 Å². The number of nitrogens with one attached hydrogen (secondary N) is 1. The predicted octanol–water partition coefficient (Wildman–Crippen LogP) is 1.23. The number of nitrogens with zero attached hydrogens (tertiary/aromatic N) is 1. The molecule has 1 saturated heterocycles. The fourth-order valence-corrected chi connectivity index (χ4v) is 2.66. The topological polar surface area (TPSA) is 69.6 Å². The van der Waals surface area contributed by atoms with E-state index in [4.69, 9.17) is 5.11 Å². The minimum absolute atomic E-state index is 0.00155. The molecular formula is C14H24N2O3. The summed E-state index contributed by atoms with van der Waals surface area (Å²) in [5.74, 6) is -0.373. The molecule has 0 aromatic heterocycles. The summed E-state index contributed by atoms with van der Waals surface area (Å²) in [6.07, 6.45) is 7.15. The molecule has 1 unspecified atom stereocenters. The Morgan fingerprint density at radius 3 is 2.58 bits per heavy atom. The lowest BCUT2D eigenvalue weighted by Crippen LogP contribution is -2.39. The monoisotopic (exact) mass is 268 g/mol. The summed E-state index contributed by atoms with van der Waals surface area (Å²) in [6.45, 7) is 1.52. The van der Waals surface area contributed by atoms with Crippen LogP contribution in [0.1, 0.15) is 44.9 Å². The quantitative estimate of drug-likeness (QED) is 0.728. The molecule has 2 rings (SSSR count). The third kappa shape index (κ3) is 5.19. The number of aliphatic carboxylic acids is 1. The van der Waals surface area contributed by atoms with Gasteiger partial charge < -0.3 is 15.3 Å². The summed E-state index contributed by atoms with van der Waals surface area (Å²) in [5.41, 5.74) is 0. The maximum Gasteiger partial charge on any atom is 0.323 e. The van der Waals surface area contributed by atoms with Gasteiger partial charge in [-0.15, -0.1) is 0 Å². The first-order valence-electron chi connectivity index (χ1n) is 7.38. The van der Waals surface area contributed by atoms with E-state index >= 15 is 0 Å². The molecule has 0 aromatic rings. The number of carboxylic acids is 1. The first-order valence-corrected chi connectivity index (χ1v) is 7.38. The molecule has 1 amide bonds. The van der Waals surface area contributed by atoms with Gasteiger partial charge in [-0.05, 0) is 44.6 Å². The van der Waals surface area contributed by atoms with Crippen LogP contribution < -0.4 is 5.32 Å². The lowest BCUT2D eigenvalue weighted by atomic mass is 10.0. The second-order valence-corrected chi connectivity index (χ2v) is 5.80. The zero-order chi connectivity index (χ0) is 13.7. The van der Waals surface area contributed by atoms with Gasteiger partial charge in [0.1, 0.15) is 6.54 Å². The molecule has 0 spiro atoms. The van der Waals surface area contributed by atoms with E-state index in [9.17, 15) is 9.59 Å². The van der Waals surface area contributed by atoms with Crippen molar-refractivity contribution < 1.29 is 14.7 Å². The van der Waals surface area contributed by atoms with Crippen molar-refractivity contribution in [1.29, 1.82) is 0 Å². The molecule has 0 aromatic carbocycles. The van der Waals surface area contributed by atoms with Crippen molar-refractivity contribution in [1.82, 2.24) is 10.2 Å². The first kappa shape index (κ1) is 14.3. The zero-order valence-corrected chi connectivity index (χ0v) is 11.4. The third-order valence-electron chi connectivity index (χ3n) is 3.97. The Kier molecular flexibility index (Phi) is 5.19. The van der Waals surface area contributed by atoms with Crippen LogP contribution in [0.2, 0.25) is 0 Å². The van der Waals surface area contributed by atoms with Crippen LogP contribution in [0.15, 0.2) is 0 Å². The van der Waals surface area contributed by atoms with Crippen molar-refractivity contribution in [3.05, 3.63) is 0 Å². The molecular weight excluding hydrogens is 244 g/mol. The minimum Gasteiger partial charge on any atom is -0.480 e. The van der Waals surface area contributed by atoms with Crippen molar-refractivity contribution in [3.63, 3.8) is 0 Å². The van der Waals surface area contributed by atoms with Crippen molar-refractivity contribution in [2.75, 3.05) is 19.6 Å². The second kappa shape index (κ2) is 6.89. The highest BCUT2D eigenvalue weighted by atomic mass is 16.4. The number of piperidine rings is 1. The average molecular weight is 268 g/mol. The van der Waals surface area contributed by atoms with Crippen LogP contribution in [-0.4, -0.2) is 47.6 Å². The van der Waals surface area contributed by atoms with E-state index in [1.807, 2.05) is 0 Å². The summed E-state index contributed by atoms with van der Waals surface area (Å²) in [5, 5.41) is 12.3.